The zero-order valence-corrected chi connectivity index (χ0v) is 12.4. The number of ether oxygens (including phenoxy) is 3. The minimum Gasteiger partial charge on any atom is -0.497 e. The summed E-state index contributed by atoms with van der Waals surface area (Å²) in [5.74, 6) is 1.60. The predicted molar refractivity (Wildman–Crippen MR) is 82.6 cm³/mol. The zero-order chi connectivity index (χ0) is 15.1. The van der Waals surface area contributed by atoms with E-state index in [1.54, 1.807) is 14.2 Å². The van der Waals surface area contributed by atoms with E-state index in [0.717, 1.165) is 22.6 Å². The highest BCUT2D eigenvalue weighted by Crippen LogP contribution is 2.24. The molecule has 0 fully saturated rings. The van der Waals surface area contributed by atoms with Gasteiger partial charge in [-0.15, -0.1) is 0 Å². The molecule has 4 heteroatoms. The number of nitrogens with two attached hydrogens (primary N) is 1. The maximum absolute atomic E-state index is 5.99. The van der Waals surface area contributed by atoms with Crippen LogP contribution in [0.3, 0.4) is 0 Å². The summed E-state index contributed by atoms with van der Waals surface area (Å²) in [5.41, 5.74) is 7.93. The van der Waals surface area contributed by atoms with Crippen molar-refractivity contribution in [1.82, 2.24) is 0 Å². The Morgan fingerprint density at radius 3 is 2.38 bits per heavy atom. The van der Waals surface area contributed by atoms with Gasteiger partial charge in [-0.1, -0.05) is 24.3 Å². The average molecular weight is 287 g/mol. The molecule has 0 bridgehead atoms. The highest BCUT2D eigenvalue weighted by molar-refractivity contribution is 5.32. The van der Waals surface area contributed by atoms with Crippen LogP contribution in [-0.4, -0.2) is 20.8 Å². The Morgan fingerprint density at radius 2 is 1.76 bits per heavy atom. The largest absolute Gasteiger partial charge is 0.497 e. The van der Waals surface area contributed by atoms with Crippen LogP contribution in [0.25, 0.3) is 0 Å². The van der Waals surface area contributed by atoms with E-state index >= 15 is 0 Å². The Kier molecular flexibility index (Phi) is 5.60. The van der Waals surface area contributed by atoms with Crippen molar-refractivity contribution < 1.29 is 14.2 Å². The van der Waals surface area contributed by atoms with Crippen LogP contribution in [0.5, 0.6) is 11.5 Å². The highest BCUT2D eigenvalue weighted by Gasteiger charge is 2.12. The zero-order valence-electron chi connectivity index (χ0n) is 12.4. The van der Waals surface area contributed by atoms with Gasteiger partial charge in [0, 0.05) is 13.7 Å². The molecule has 2 N–H and O–H groups in total. The first-order valence-corrected chi connectivity index (χ1v) is 6.85. The van der Waals surface area contributed by atoms with Crippen molar-refractivity contribution in [2.24, 2.45) is 5.73 Å². The SMILES string of the molecule is COCc1cccc(OC(CN)c2ccc(OC)cc2)c1. The average Bonchev–Trinajstić information content (AvgIpc) is 2.53. The number of hydrogen-bond acceptors (Lipinski definition) is 4. The van der Waals surface area contributed by atoms with E-state index in [0.29, 0.717) is 13.2 Å². The first-order valence-electron chi connectivity index (χ1n) is 6.85. The van der Waals surface area contributed by atoms with Crippen LogP contribution in [-0.2, 0) is 11.3 Å². The topological polar surface area (TPSA) is 53.7 Å². The van der Waals surface area contributed by atoms with Gasteiger partial charge in [0.1, 0.15) is 17.6 Å². The Bertz CT molecular complexity index is 554. The summed E-state index contributed by atoms with van der Waals surface area (Å²) in [5, 5.41) is 0. The van der Waals surface area contributed by atoms with E-state index in [1.165, 1.54) is 0 Å². The summed E-state index contributed by atoms with van der Waals surface area (Å²) in [6.07, 6.45) is -0.186. The Balaban J connectivity index is 2.12. The molecular formula is C17H21NO3. The van der Waals surface area contributed by atoms with Gasteiger partial charge >= 0.3 is 0 Å². The lowest BCUT2D eigenvalue weighted by Crippen LogP contribution is -2.18. The molecule has 0 aliphatic carbocycles. The lowest BCUT2D eigenvalue weighted by molar-refractivity contribution is 0.183. The van der Waals surface area contributed by atoms with Crippen LogP contribution in [0.15, 0.2) is 48.5 Å². The highest BCUT2D eigenvalue weighted by atomic mass is 16.5. The maximum Gasteiger partial charge on any atom is 0.136 e. The molecule has 0 aliphatic heterocycles. The van der Waals surface area contributed by atoms with Crippen molar-refractivity contribution in [3.8, 4) is 11.5 Å². The molecule has 0 radical (unpaired) electrons. The van der Waals surface area contributed by atoms with Gasteiger partial charge in [-0.05, 0) is 35.4 Å². The van der Waals surface area contributed by atoms with Gasteiger partial charge in [-0.2, -0.15) is 0 Å². The molecule has 21 heavy (non-hydrogen) atoms. The summed E-state index contributed by atoms with van der Waals surface area (Å²) in [7, 11) is 3.32. The number of rotatable bonds is 7. The quantitative estimate of drug-likeness (QED) is 0.850. The fourth-order valence-electron chi connectivity index (χ4n) is 2.11. The Hall–Kier alpha value is -2.04. The summed E-state index contributed by atoms with van der Waals surface area (Å²) < 4.78 is 16.3. The third kappa shape index (κ3) is 4.21. The summed E-state index contributed by atoms with van der Waals surface area (Å²) in [6.45, 7) is 0.966. The van der Waals surface area contributed by atoms with Gasteiger partial charge in [-0.25, -0.2) is 0 Å². The molecule has 1 atom stereocenters. The van der Waals surface area contributed by atoms with Crippen LogP contribution < -0.4 is 15.2 Å². The van der Waals surface area contributed by atoms with Gasteiger partial charge in [0.15, 0.2) is 0 Å². The monoisotopic (exact) mass is 287 g/mol. The van der Waals surface area contributed by atoms with E-state index in [1.807, 2.05) is 48.5 Å². The number of hydrogen-bond donors (Lipinski definition) is 1. The second kappa shape index (κ2) is 7.67. The minimum absolute atomic E-state index is 0.186. The van der Waals surface area contributed by atoms with E-state index < -0.39 is 0 Å². The van der Waals surface area contributed by atoms with Crippen molar-refractivity contribution >= 4 is 0 Å². The van der Waals surface area contributed by atoms with Gasteiger partial charge < -0.3 is 19.9 Å². The molecule has 0 aliphatic rings. The fourth-order valence-corrected chi connectivity index (χ4v) is 2.11. The molecule has 0 saturated carbocycles. The molecule has 0 aromatic heterocycles. The molecule has 0 spiro atoms. The van der Waals surface area contributed by atoms with Crippen molar-refractivity contribution in [3.63, 3.8) is 0 Å². The van der Waals surface area contributed by atoms with Crippen LogP contribution in [0.2, 0.25) is 0 Å². The fraction of sp³-hybridized carbons (Fsp3) is 0.294. The van der Waals surface area contributed by atoms with E-state index in [-0.39, 0.29) is 6.10 Å². The van der Waals surface area contributed by atoms with Crippen LogP contribution >= 0.6 is 0 Å². The normalized spacial score (nSPS) is 12.0. The van der Waals surface area contributed by atoms with Gasteiger partial charge in [-0.3, -0.25) is 0 Å². The third-order valence-electron chi connectivity index (χ3n) is 3.19. The molecule has 112 valence electrons. The van der Waals surface area contributed by atoms with Crippen molar-refractivity contribution in [3.05, 3.63) is 59.7 Å². The molecule has 0 saturated heterocycles. The van der Waals surface area contributed by atoms with Crippen molar-refractivity contribution in [2.75, 3.05) is 20.8 Å². The van der Waals surface area contributed by atoms with Gasteiger partial charge in [0.25, 0.3) is 0 Å². The molecule has 2 aromatic carbocycles. The van der Waals surface area contributed by atoms with E-state index in [9.17, 15) is 0 Å². The van der Waals surface area contributed by atoms with Crippen molar-refractivity contribution in [2.45, 2.75) is 12.7 Å². The third-order valence-corrected chi connectivity index (χ3v) is 3.19. The molecule has 0 heterocycles. The first kappa shape index (κ1) is 15.4. The van der Waals surface area contributed by atoms with Crippen LogP contribution in [0, 0.1) is 0 Å². The lowest BCUT2D eigenvalue weighted by Gasteiger charge is -2.18. The molecular weight excluding hydrogens is 266 g/mol. The van der Waals surface area contributed by atoms with Gasteiger partial charge in [0.2, 0.25) is 0 Å². The maximum atomic E-state index is 5.99. The summed E-state index contributed by atoms with van der Waals surface area (Å²) >= 11 is 0. The molecule has 1 unspecified atom stereocenters. The predicted octanol–water partition coefficient (Wildman–Crippen LogP) is 2.92. The lowest BCUT2D eigenvalue weighted by atomic mass is 10.1. The minimum atomic E-state index is -0.186. The number of benzene rings is 2. The summed E-state index contributed by atoms with van der Waals surface area (Å²) in [4.78, 5) is 0. The molecule has 4 nitrogen and oxygen atoms in total. The second-order valence-electron chi connectivity index (χ2n) is 4.70. The van der Waals surface area contributed by atoms with E-state index in [4.69, 9.17) is 19.9 Å². The van der Waals surface area contributed by atoms with Gasteiger partial charge in [0.05, 0.1) is 13.7 Å². The second-order valence-corrected chi connectivity index (χ2v) is 4.70. The van der Waals surface area contributed by atoms with Crippen molar-refractivity contribution in [1.29, 1.82) is 0 Å². The molecule has 2 rings (SSSR count). The standard InChI is InChI=1S/C17H21NO3/c1-19-12-13-4-3-5-16(10-13)21-17(11-18)14-6-8-15(20-2)9-7-14/h3-10,17H,11-12,18H2,1-2H3. The molecule has 0 amide bonds. The number of methoxy groups -OCH3 is 2. The smallest absolute Gasteiger partial charge is 0.136 e. The Morgan fingerprint density at radius 1 is 1.00 bits per heavy atom. The molecule has 2 aromatic rings. The van der Waals surface area contributed by atoms with Crippen LogP contribution in [0.1, 0.15) is 17.2 Å². The summed E-state index contributed by atoms with van der Waals surface area (Å²) in [6, 6.07) is 15.6. The van der Waals surface area contributed by atoms with Crippen LogP contribution in [0.4, 0.5) is 0 Å². The first-order chi connectivity index (χ1) is 10.3. The van der Waals surface area contributed by atoms with E-state index in [2.05, 4.69) is 0 Å². The Labute approximate surface area is 125 Å².